The van der Waals surface area contributed by atoms with Gasteiger partial charge in [-0.25, -0.2) is 9.18 Å². The van der Waals surface area contributed by atoms with Gasteiger partial charge < -0.3 is 16.2 Å². The zero-order chi connectivity index (χ0) is 22.7. The molecule has 0 spiro atoms. The molecule has 0 unspecified atom stereocenters. The molecular weight excluding hydrogens is 403 g/mol. The zero-order valence-electron chi connectivity index (χ0n) is 17.4. The fourth-order valence-electron chi connectivity index (χ4n) is 3.91. The monoisotopic (exact) mass is 426 g/mol. The Labute approximate surface area is 186 Å². The minimum atomic E-state index is -1.02. The summed E-state index contributed by atoms with van der Waals surface area (Å²) < 4.78 is 15.6. The molecule has 5 heteroatoms. The molecule has 4 N–H and O–H groups in total. The van der Waals surface area contributed by atoms with E-state index < -0.39 is 11.8 Å². The summed E-state index contributed by atoms with van der Waals surface area (Å²) in [4.78, 5) is 10.8. The van der Waals surface area contributed by atoms with Crippen molar-refractivity contribution in [1.29, 1.82) is 5.41 Å². The van der Waals surface area contributed by atoms with Crippen LogP contribution in [0.2, 0.25) is 0 Å². The number of aliphatic carboxylic acids is 1. The van der Waals surface area contributed by atoms with Gasteiger partial charge in [0.2, 0.25) is 0 Å². The molecule has 0 bridgehead atoms. The molecule has 0 heterocycles. The Morgan fingerprint density at radius 3 is 2.28 bits per heavy atom. The Morgan fingerprint density at radius 2 is 1.69 bits per heavy atom. The minimum absolute atomic E-state index is 0.0734. The highest BCUT2D eigenvalue weighted by molar-refractivity contribution is 6.01. The van der Waals surface area contributed by atoms with Crippen molar-refractivity contribution < 1.29 is 14.3 Å². The molecule has 3 aromatic rings. The van der Waals surface area contributed by atoms with Crippen molar-refractivity contribution in [3.63, 3.8) is 0 Å². The second-order valence-corrected chi connectivity index (χ2v) is 7.80. The van der Waals surface area contributed by atoms with Gasteiger partial charge in [0.1, 0.15) is 5.82 Å². The number of carboxylic acids is 1. The highest BCUT2D eigenvalue weighted by Gasteiger charge is 2.31. The molecule has 4 nitrogen and oxygen atoms in total. The van der Waals surface area contributed by atoms with E-state index in [4.69, 9.17) is 16.2 Å². The largest absolute Gasteiger partial charge is 0.478 e. The number of hydrogen-bond donors (Lipinski definition) is 3. The summed E-state index contributed by atoms with van der Waals surface area (Å²) in [7, 11) is 0. The lowest BCUT2D eigenvalue weighted by atomic mass is 9.85. The van der Waals surface area contributed by atoms with Gasteiger partial charge in [-0.05, 0) is 64.8 Å². The average Bonchev–Trinajstić information content (AvgIpc) is 3.63. The molecule has 160 valence electrons. The second-order valence-electron chi connectivity index (χ2n) is 7.80. The van der Waals surface area contributed by atoms with E-state index in [0.29, 0.717) is 11.5 Å². The van der Waals surface area contributed by atoms with Crippen molar-refractivity contribution >= 4 is 35.1 Å². The van der Waals surface area contributed by atoms with E-state index >= 15 is 4.39 Å². The summed E-state index contributed by atoms with van der Waals surface area (Å²) in [6.45, 7) is 0. The molecule has 32 heavy (non-hydrogen) atoms. The normalized spacial score (nSPS) is 14.3. The van der Waals surface area contributed by atoms with Crippen LogP contribution in [0.4, 0.5) is 10.1 Å². The smallest absolute Gasteiger partial charge is 0.328 e. The molecule has 0 radical (unpaired) electrons. The van der Waals surface area contributed by atoms with Gasteiger partial charge in [0.15, 0.2) is 0 Å². The molecule has 4 rings (SSSR count). The van der Waals surface area contributed by atoms with Gasteiger partial charge in [0.25, 0.3) is 0 Å². The number of halogens is 1. The van der Waals surface area contributed by atoms with E-state index in [1.165, 1.54) is 6.08 Å². The third-order valence-electron chi connectivity index (χ3n) is 5.58. The molecule has 0 saturated heterocycles. The lowest BCUT2D eigenvalue weighted by Gasteiger charge is -2.19. The van der Waals surface area contributed by atoms with Gasteiger partial charge in [-0.2, -0.15) is 0 Å². The van der Waals surface area contributed by atoms with Crippen molar-refractivity contribution in [2.75, 3.05) is 5.73 Å². The van der Waals surface area contributed by atoms with E-state index in [0.717, 1.165) is 53.0 Å². The lowest BCUT2D eigenvalue weighted by molar-refractivity contribution is -0.131. The van der Waals surface area contributed by atoms with Gasteiger partial charge in [0.05, 0.1) is 5.56 Å². The summed E-state index contributed by atoms with van der Waals surface area (Å²) in [6, 6.07) is 20.7. The van der Waals surface area contributed by atoms with Crippen molar-refractivity contribution in [3.8, 4) is 0 Å². The predicted molar refractivity (Wildman–Crippen MR) is 127 cm³/mol. The minimum Gasteiger partial charge on any atom is -0.478 e. The predicted octanol–water partition coefficient (Wildman–Crippen LogP) is 5.87. The Balaban J connectivity index is 1.96. The van der Waals surface area contributed by atoms with E-state index in [-0.39, 0.29) is 11.3 Å². The summed E-state index contributed by atoms with van der Waals surface area (Å²) in [6.07, 6.45) is 5.61. The maximum Gasteiger partial charge on any atom is 0.328 e. The zero-order valence-corrected chi connectivity index (χ0v) is 17.4. The molecule has 0 aliphatic heterocycles. The molecule has 3 aromatic carbocycles. The van der Waals surface area contributed by atoms with Gasteiger partial charge in [-0.15, -0.1) is 0 Å². The number of rotatable bonds is 7. The maximum absolute atomic E-state index is 15.6. The number of carbonyl (C=O) groups is 1. The lowest BCUT2D eigenvalue weighted by Crippen LogP contribution is -2.04. The standard InChI is InChI=1S/C27H23FN2O2/c28-27-21(13-14-23(30)22(27)16-29)26(20-9-6-17(7-10-20)8-15-24(31)32)25(19-11-12-19)18-4-2-1-3-5-18/h1-10,13-16,19,29H,11-12,30H2,(H,31,32)/b15-8+,26-25-,29-16?. The number of hydrogen-bond acceptors (Lipinski definition) is 3. The van der Waals surface area contributed by atoms with Crippen molar-refractivity contribution in [2.24, 2.45) is 5.92 Å². The Kier molecular flexibility index (Phi) is 5.99. The van der Waals surface area contributed by atoms with Crippen molar-refractivity contribution in [2.45, 2.75) is 12.8 Å². The summed E-state index contributed by atoms with van der Waals surface area (Å²) in [5, 5.41) is 16.5. The van der Waals surface area contributed by atoms with Gasteiger partial charge in [0, 0.05) is 23.5 Å². The number of benzene rings is 3. The summed E-state index contributed by atoms with van der Waals surface area (Å²) >= 11 is 0. The van der Waals surface area contributed by atoms with Crippen LogP contribution in [0.1, 0.15) is 40.7 Å². The van der Waals surface area contributed by atoms with Crippen molar-refractivity contribution in [3.05, 3.63) is 106 Å². The first-order chi connectivity index (χ1) is 15.5. The number of nitrogens with one attached hydrogen (secondary N) is 1. The number of allylic oxidation sites excluding steroid dienone is 1. The number of nitrogens with two attached hydrogens (primary N) is 1. The first-order valence-electron chi connectivity index (χ1n) is 10.4. The molecule has 0 atom stereocenters. The molecular formula is C27H23FN2O2. The van der Waals surface area contributed by atoms with E-state index in [9.17, 15) is 4.79 Å². The Morgan fingerprint density at radius 1 is 1.00 bits per heavy atom. The Bertz CT molecular complexity index is 1220. The van der Waals surface area contributed by atoms with Crippen molar-refractivity contribution in [1.82, 2.24) is 0 Å². The third kappa shape index (κ3) is 4.37. The van der Waals surface area contributed by atoms with Crippen LogP contribution in [0.5, 0.6) is 0 Å². The summed E-state index contributed by atoms with van der Waals surface area (Å²) in [5.74, 6) is -1.21. The van der Waals surface area contributed by atoms with E-state index in [1.54, 1.807) is 12.1 Å². The van der Waals surface area contributed by atoms with Gasteiger partial charge in [-0.3, -0.25) is 0 Å². The molecule has 0 aromatic heterocycles. The topological polar surface area (TPSA) is 87.2 Å². The third-order valence-corrected chi connectivity index (χ3v) is 5.58. The SMILES string of the molecule is N=Cc1c(N)ccc(/C(=C(/c2ccccc2)C2CC2)c2ccc(/C=C/C(=O)O)cc2)c1F. The van der Waals surface area contributed by atoms with Crippen LogP contribution >= 0.6 is 0 Å². The van der Waals surface area contributed by atoms with E-state index in [1.807, 2.05) is 54.6 Å². The first kappa shape index (κ1) is 21.2. The van der Waals surface area contributed by atoms with Gasteiger partial charge >= 0.3 is 5.97 Å². The fourth-order valence-corrected chi connectivity index (χ4v) is 3.91. The van der Waals surface area contributed by atoms with Crippen LogP contribution in [-0.4, -0.2) is 17.3 Å². The molecule has 1 fully saturated rings. The average molecular weight is 426 g/mol. The quantitative estimate of drug-likeness (QED) is 0.191. The number of carboxylic acid groups (broad SMARTS) is 1. The number of nitrogen functional groups attached to an aromatic ring is 1. The molecule has 1 aliphatic carbocycles. The summed E-state index contributed by atoms with van der Waals surface area (Å²) in [5.41, 5.74) is 11.0. The Hall–Kier alpha value is -3.99. The highest BCUT2D eigenvalue weighted by atomic mass is 19.1. The van der Waals surface area contributed by atoms with Crippen LogP contribution in [0.15, 0.2) is 72.8 Å². The molecule has 1 saturated carbocycles. The molecule has 1 aliphatic rings. The number of anilines is 1. The maximum atomic E-state index is 15.6. The highest BCUT2D eigenvalue weighted by Crippen LogP contribution is 2.48. The van der Waals surface area contributed by atoms with Crippen LogP contribution in [0.3, 0.4) is 0 Å². The van der Waals surface area contributed by atoms with Gasteiger partial charge in [-0.1, -0.05) is 54.6 Å². The van der Waals surface area contributed by atoms with Crippen LogP contribution in [-0.2, 0) is 4.79 Å². The van der Waals surface area contributed by atoms with Crippen LogP contribution in [0, 0.1) is 17.1 Å². The molecule has 0 amide bonds. The van der Waals surface area contributed by atoms with Crippen LogP contribution < -0.4 is 5.73 Å². The first-order valence-corrected chi connectivity index (χ1v) is 10.4. The fraction of sp³-hybridized carbons (Fsp3) is 0.111. The van der Waals surface area contributed by atoms with Crippen LogP contribution in [0.25, 0.3) is 17.2 Å². The van der Waals surface area contributed by atoms with E-state index in [2.05, 4.69) is 0 Å². The second kappa shape index (κ2) is 9.02.